The second kappa shape index (κ2) is 8.46. The van der Waals surface area contributed by atoms with Crippen molar-refractivity contribution in [1.29, 1.82) is 0 Å². The van der Waals surface area contributed by atoms with E-state index in [-0.39, 0.29) is 11.6 Å². The quantitative estimate of drug-likeness (QED) is 0.614. The van der Waals surface area contributed by atoms with Crippen molar-refractivity contribution in [3.05, 3.63) is 34.4 Å². The molecule has 26 heavy (non-hydrogen) atoms. The Morgan fingerprint density at radius 2 is 1.81 bits per heavy atom. The van der Waals surface area contributed by atoms with E-state index < -0.39 is 11.0 Å². The molecule has 1 saturated heterocycles. The van der Waals surface area contributed by atoms with E-state index in [9.17, 15) is 14.9 Å². The molecule has 1 heterocycles. The molecule has 1 amide bonds. The van der Waals surface area contributed by atoms with Gasteiger partial charge in [-0.1, -0.05) is 31.4 Å². The van der Waals surface area contributed by atoms with Crippen molar-refractivity contribution in [3.63, 3.8) is 0 Å². The van der Waals surface area contributed by atoms with Crippen molar-refractivity contribution in [2.75, 3.05) is 31.6 Å². The van der Waals surface area contributed by atoms with Gasteiger partial charge in [-0.05, 0) is 24.8 Å². The number of hydrogen-bond donors (Lipinski definition) is 2. The average Bonchev–Trinajstić information content (AvgIpc) is 2.68. The SMILES string of the molecule is NC(C(=O)N1CCN(Nc2ccccc2[N+](=O)[O-])CC1)C1CCCCC1. The van der Waals surface area contributed by atoms with Crippen LogP contribution in [0.15, 0.2) is 24.3 Å². The molecule has 1 aliphatic heterocycles. The molecule has 1 aliphatic carbocycles. The van der Waals surface area contributed by atoms with E-state index in [2.05, 4.69) is 5.43 Å². The predicted octanol–water partition coefficient (Wildman–Crippen LogP) is 1.97. The molecular formula is C18H27N5O3. The number of piperazine rings is 1. The molecule has 1 atom stereocenters. The topological polar surface area (TPSA) is 105 Å². The summed E-state index contributed by atoms with van der Waals surface area (Å²) >= 11 is 0. The van der Waals surface area contributed by atoms with Gasteiger partial charge in [-0.2, -0.15) is 0 Å². The monoisotopic (exact) mass is 361 g/mol. The summed E-state index contributed by atoms with van der Waals surface area (Å²) in [6, 6.07) is 6.18. The van der Waals surface area contributed by atoms with Crippen molar-refractivity contribution >= 4 is 17.3 Å². The first-order valence-electron chi connectivity index (χ1n) is 9.35. The van der Waals surface area contributed by atoms with Crippen LogP contribution >= 0.6 is 0 Å². The first kappa shape index (κ1) is 18.6. The lowest BCUT2D eigenvalue weighted by Crippen LogP contribution is -2.55. The summed E-state index contributed by atoms with van der Waals surface area (Å²) in [4.78, 5) is 25.2. The van der Waals surface area contributed by atoms with Gasteiger partial charge in [0.15, 0.2) is 0 Å². The normalized spacial score (nSPS) is 20.6. The van der Waals surface area contributed by atoms with Gasteiger partial charge >= 0.3 is 0 Å². The number of anilines is 1. The summed E-state index contributed by atoms with van der Waals surface area (Å²) in [5.41, 5.74) is 9.86. The molecule has 1 aromatic carbocycles. The molecular weight excluding hydrogens is 334 g/mol. The number of para-hydroxylation sites is 2. The molecule has 0 aromatic heterocycles. The molecule has 0 spiro atoms. The average molecular weight is 361 g/mol. The van der Waals surface area contributed by atoms with Crippen molar-refractivity contribution in [3.8, 4) is 0 Å². The van der Waals surface area contributed by atoms with Crippen LogP contribution in [0.25, 0.3) is 0 Å². The second-order valence-corrected chi connectivity index (χ2v) is 7.12. The van der Waals surface area contributed by atoms with Crippen LogP contribution in [-0.4, -0.2) is 53.0 Å². The maximum atomic E-state index is 12.7. The number of carbonyl (C=O) groups is 1. The van der Waals surface area contributed by atoms with E-state index >= 15 is 0 Å². The zero-order valence-electron chi connectivity index (χ0n) is 15.0. The summed E-state index contributed by atoms with van der Waals surface area (Å²) in [5, 5.41) is 13.0. The number of carbonyl (C=O) groups excluding carboxylic acids is 1. The minimum atomic E-state index is -0.398. The third-order valence-electron chi connectivity index (χ3n) is 5.41. The zero-order valence-corrected chi connectivity index (χ0v) is 15.0. The summed E-state index contributed by atoms with van der Waals surface area (Å²) in [6.45, 7) is 2.37. The van der Waals surface area contributed by atoms with E-state index in [1.165, 1.54) is 25.3 Å². The molecule has 0 bridgehead atoms. The molecule has 1 saturated carbocycles. The fourth-order valence-electron chi connectivity index (χ4n) is 3.84. The van der Waals surface area contributed by atoms with E-state index in [0.717, 1.165) is 12.8 Å². The Morgan fingerprint density at radius 1 is 1.15 bits per heavy atom. The number of hydrogen-bond acceptors (Lipinski definition) is 6. The van der Waals surface area contributed by atoms with Crippen LogP contribution in [0.5, 0.6) is 0 Å². The van der Waals surface area contributed by atoms with Gasteiger partial charge in [-0.3, -0.25) is 14.9 Å². The van der Waals surface area contributed by atoms with Crippen LogP contribution in [0.1, 0.15) is 32.1 Å². The minimum absolute atomic E-state index is 0.0437. The second-order valence-electron chi connectivity index (χ2n) is 7.12. The molecule has 142 valence electrons. The Labute approximate surface area is 153 Å². The Balaban J connectivity index is 1.52. The number of nitrogens with two attached hydrogens (primary N) is 1. The molecule has 1 unspecified atom stereocenters. The number of nitro groups is 1. The number of rotatable bonds is 5. The highest BCUT2D eigenvalue weighted by Crippen LogP contribution is 2.27. The first-order valence-corrected chi connectivity index (χ1v) is 9.35. The summed E-state index contributed by atoms with van der Waals surface area (Å²) in [5.74, 6) is 0.349. The summed E-state index contributed by atoms with van der Waals surface area (Å²) < 4.78 is 0. The number of benzene rings is 1. The molecule has 1 aromatic rings. The van der Waals surface area contributed by atoms with Gasteiger partial charge in [0.2, 0.25) is 5.91 Å². The lowest BCUT2D eigenvalue weighted by Gasteiger charge is -2.37. The largest absolute Gasteiger partial charge is 0.339 e. The van der Waals surface area contributed by atoms with Crippen LogP contribution < -0.4 is 11.2 Å². The van der Waals surface area contributed by atoms with Gasteiger partial charge in [0.1, 0.15) is 5.69 Å². The van der Waals surface area contributed by atoms with Crippen molar-refractivity contribution in [2.45, 2.75) is 38.1 Å². The van der Waals surface area contributed by atoms with E-state index in [1.54, 1.807) is 18.2 Å². The Hall–Kier alpha value is -2.19. The first-order chi connectivity index (χ1) is 12.6. The van der Waals surface area contributed by atoms with Gasteiger partial charge in [-0.25, -0.2) is 5.01 Å². The van der Waals surface area contributed by atoms with Crippen LogP contribution in [0.3, 0.4) is 0 Å². The lowest BCUT2D eigenvalue weighted by molar-refractivity contribution is -0.384. The Kier molecular flexibility index (Phi) is 6.05. The molecule has 3 rings (SSSR count). The van der Waals surface area contributed by atoms with Crippen LogP contribution in [0.4, 0.5) is 11.4 Å². The molecule has 3 N–H and O–H groups in total. The highest BCUT2D eigenvalue weighted by Gasteiger charge is 2.31. The van der Waals surface area contributed by atoms with Gasteiger partial charge in [0.25, 0.3) is 5.69 Å². The number of nitrogens with one attached hydrogen (secondary N) is 1. The van der Waals surface area contributed by atoms with Crippen molar-refractivity contribution in [1.82, 2.24) is 9.91 Å². The maximum Gasteiger partial charge on any atom is 0.293 e. The summed E-state index contributed by atoms with van der Waals surface area (Å²) in [7, 11) is 0. The standard InChI is InChI=1S/C18H27N5O3/c19-17(14-6-2-1-3-7-14)18(24)21-10-12-22(13-11-21)20-15-8-4-5-9-16(15)23(25)26/h4-5,8-9,14,17,20H,1-3,6-7,10-13,19H2. The lowest BCUT2D eigenvalue weighted by atomic mass is 9.83. The van der Waals surface area contributed by atoms with Gasteiger partial charge in [0, 0.05) is 32.2 Å². The molecule has 2 aliphatic rings. The van der Waals surface area contributed by atoms with Gasteiger partial charge < -0.3 is 16.1 Å². The van der Waals surface area contributed by atoms with E-state index in [4.69, 9.17) is 5.73 Å². The van der Waals surface area contributed by atoms with E-state index in [1.807, 2.05) is 9.91 Å². The molecule has 2 fully saturated rings. The maximum absolute atomic E-state index is 12.7. The fraction of sp³-hybridized carbons (Fsp3) is 0.611. The van der Waals surface area contributed by atoms with Crippen LogP contribution in [-0.2, 0) is 4.79 Å². The molecule has 0 radical (unpaired) electrons. The Morgan fingerprint density at radius 3 is 2.46 bits per heavy atom. The van der Waals surface area contributed by atoms with Gasteiger partial charge in [-0.15, -0.1) is 0 Å². The molecule has 8 nitrogen and oxygen atoms in total. The Bertz CT molecular complexity index is 639. The number of nitro benzene ring substituents is 1. The number of amides is 1. The highest BCUT2D eigenvalue weighted by molar-refractivity contribution is 5.82. The zero-order chi connectivity index (χ0) is 18.5. The van der Waals surface area contributed by atoms with Crippen molar-refractivity contribution in [2.24, 2.45) is 11.7 Å². The van der Waals surface area contributed by atoms with Gasteiger partial charge in [0.05, 0.1) is 11.0 Å². The third-order valence-corrected chi connectivity index (χ3v) is 5.41. The van der Waals surface area contributed by atoms with Crippen LogP contribution in [0, 0.1) is 16.0 Å². The number of hydrazine groups is 1. The predicted molar refractivity (Wildman–Crippen MR) is 99.4 cm³/mol. The van der Waals surface area contributed by atoms with Crippen molar-refractivity contribution < 1.29 is 9.72 Å². The minimum Gasteiger partial charge on any atom is -0.339 e. The summed E-state index contributed by atoms with van der Waals surface area (Å²) in [6.07, 6.45) is 5.67. The van der Waals surface area contributed by atoms with Crippen LogP contribution in [0.2, 0.25) is 0 Å². The highest BCUT2D eigenvalue weighted by atomic mass is 16.6. The number of nitrogens with zero attached hydrogens (tertiary/aromatic N) is 3. The fourth-order valence-corrected chi connectivity index (χ4v) is 3.84. The third kappa shape index (κ3) is 4.31. The van der Waals surface area contributed by atoms with E-state index in [0.29, 0.717) is 37.8 Å². The smallest absolute Gasteiger partial charge is 0.293 e. The molecule has 8 heteroatoms.